The Morgan fingerprint density at radius 1 is 0.679 bits per heavy atom. The van der Waals surface area contributed by atoms with Crippen molar-refractivity contribution in [3.05, 3.63) is 109 Å². The summed E-state index contributed by atoms with van der Waals surface area (Å²) in [5.41, 5.74) is 7.24. The highest BCUT2D eigenvalue weighted by Gasteiger charge is 2.21. The van der Waals surface area contributed by atoms with Gasteiger partial charge in [0.15, 0.2) is 0 Å². The van der Waals surface area contributed by atoms with Crippen LogP contribution in [0, 0.1) is 6.92 Å². The highest BCUT2D eigenvalue weighted by molar-refractivity contribution is 6.05. The molecule has 0 spiro atoms. The van der Waals surface area contributed by atoms with E-state index in [0.29, 0.717) is 0 Å². The van der Waals surface area contributed by atoms with Crippen LogP contribution in [-0.4, -0.2) is 9.55 Å². The Kier molecular flexibility index (Phi) is 4.02. The van der Waals surface area contributed by atoms with Crippen LogP contribution in [0.25, 0.3) is 39.1 Å². The van der Waals surface area contributed by atoms with Gasteiger partial charge in [0, 0.05) is 17.1 Å². The molecule has 2 heteroatoms. The molecule has 134 valence electrons. The molecule has 0 aliphatic carbocycles. The van der Waals surface area contributed by atoms with E-state index in [-0.39, 0.29) is 0 Å². The SMILES string of the molecule is Cc1ccc2c(c1)c(-c1ccccc1)c(-c1ccccc1)n2-c1ccccn1. The second-order valence-corrected chi connectivity index (χ2v) is 7.00. The van der Waals surface area contributed by atoms with Crippen molar-refractivity contribution in [3.63, 3.8) is 0 Å². The minimum atomic E-state index is 0.928. The van der Waals surface area contributed by atoms with Crippen molar-refractivity contribution in [1.29, 1.82) is 0 Å². The molecule has 2 aromatic heterocycles. The zero-order chi connectivity index (χ0) is 18.9. The van der Waals surface area contributed by atoms with Gasteiger partial charge in [-0.05, 0) is 42.3 Å². The lowest BCUT2D eigenvalue weighted by molar-refractivity contribution is 1.05. The molecular weight excluding hydrogens is 340 g/mol. The molecule has 0 unspecified atom stereocenters. The van der Waals surface area contributed by atoms with Crippen LogP contribution in [-0.2, 0) is 0 Å². The maximum atomic E-state index is 4.68. The number of pyridine rings is 1. The maximum Gasteiger partial charge on any atom is 0.137 e. The molecule has 0 aliphatic rings. The van der Waals surface area contributed by atoms with Crippen molar-refractivity contribution in [2.45, 2.75) is 6.92 Å². The van der Waals surface area contributed by atoms with Gasteiger partial charge in [-0.15, -0.1) is 0 Å². The number of hydrogen-bond donors (Lipinski definition) is 0. The van der Waals surface area contributed by atoms with E-state index in [0.717, 1.165) is 5.82 Å². The van der Waals surface area contributed by atoms with Gasteiger partial charge in [-0.25, -0.2) is 4.98 Å². The van der Waals surface area contributed by atoms with Gasteiger partial charge in [0.25, 0.3) is 0 Å². The molecule has 0 saturated heterocycles. The average molecular weight is 360 g/mol. The molecule has 5 aromatic rings. The van der Waals surface area contributed by atoms with E-state index in [9.17, 15) is 0 Å². The van der Waals surface area contributed by atoms with E-state index < -0.39 is 0 Å². The van der Waals surface area contributed by atoms with Gasteiger partial charge < -0.3 is 0 Å². The van der Waals surface area contributed by atoms with E-state index in [2.05, 4.69) is 101 Å². The lowest BCUT2D eigenvalue weighted by Crippen LogP contribution is -1.99. The monoisotopic (exact) mass is 360 g/mol. The van der Waals surface area contributed by atoms with Crippen LogP contribution in [0.5, 0.6) is 0 Å². The zero-order valence-corrected chi connectivity index (χ0v) is 15.7. The molecule has 0 amide bonds. The number of hydrogen-bond acceptors (Lipinski definition) is 1. The first kappa shape index (κ1) is 16.5. The fourth-order valence-corrected chi connectivity index (χ4v) is 3.90. The van der Waals surface area contributed by atoms with Crippen molar-refractivity contribution in [2.75, 3.05) is 0 Å². The second kappa shape index (κ2) is 6.82. The first-order valence-electron chi connectivity index (χ1n) is 9.50. The Morgan fingerprint density at radius 2 is 1.36 bits per heavy atom. The van der Waals surface area contributed by atoms with Gasteiger partial charge in [0.1, 0.15) is 5.82 Å². The summed E-state index contributed by atoms with van der Waals surface area (Å²) in [7, 11) is 0. The van der Waals surface area contributed by atoms with E-state index in [4.69, 9.17) is 0 Å². The van der Waals surface area contributed by atoms with E-state index in [1.165, 1.54) is 38.9 Å². The molecular formula is C26H20N2. The quantitative estimate of drug-likeness (QED) is 0.351. The third-order valence-corrected chi connectivity index (χ3v) is 5.11. The number of rotatable bonds is 3. The third kappa shape index (κ3) is 2.71. The smallest absolute Gasteiger partial charge is 0.137 e. The molecule has 2 heterocycles. The molecule has 0 aliphatic heterocycles. The first-order chi connectivity index (χ1) is 13.8. The highest BCUT2D eigenvalue weighted by atomic mass is 15.1. The molecule has 0 radical (unpaired) electrons. The number of nitrogens with zero attached hydrogens (tertiary/aromatic N) is 2. The Balaban J connectivity index is 1.98. The largest absolute Gasteiger partial charge is 0.293 e. The number of aryl methyl sites for hydroxylation is 1. The molecule has 0 N–H and O–H groups in total. The lowest BCUT2D eigenvalue weighted by atomic mass is 9.98. The topological polar surface area (TPSA) is 17.8 Å². The molecule has 28 heavy (non-hydrogen) atoms. The van der Waals surface area contributed by atoms with Crippen molar-refractivity contribution < 1.29 is 0 Å². The summed E-state index contributed by atoms with van der Waals surface area (Å²) in [6.45, 7) is 2.15. The summed E-state index contributed by atoms with van der Waals surface area (Å²) in [6, 6.07) is 34.0. The normalized spacial score (nSPS) is 11.0. The van der Waals surface area contributed by atoms with Crippen molar-refractivity contribution in [3.8, 4) is 28.2 Å². The lowest BCUT2D eigenvalue weighted by Gasteiger charge is -2.12. The van der Waals surface area contributed by atoms with Gasteiger partial charge in [-0.2, -0.15) is 0 Å². The van der Waals surface area contributed by atoms with Gasteiger partial charge >= 0.3 is 0 Å². The van der Waals surface area contributed by atoms with Crippen molar-refractivity contribution >= 4 is 10.9 Å². The Morgan fingerprint density at radius 3 is 2.04 bits per heavy atom. The number of aromatic nitrogens is 2. The van der Waals surface area contributed by atoms with Crippen LogP contribution >= 0.6 is 0 Å². The van der Waals surface area contributed by atoms with Crippen LogP contribution < -0.4 is 0 Å². The molecule has 2 nitrogen and oxygen atoms in total. The summed E-state index contributed by atoms with van der Waals surface area (Å²) < 4.78 is 2.28. The van der Waals surface area contributed by atoms with Crippen LogP contribution in [0.2, 0.25) is 0 Å². The van der Waals surface area contributed by atoms with Crippen LogP contribution in [0.15, 0.2) is 103 Å². The van der Waals surface area contributed by atoms with Crippen LogP contribution in [0.4, 0.5) is 0 Å². The van der Waals surface area contributed by atoms with E-state index in [1.54, 1.807) is 0 Å². The maximum absolute atomic E-state index is 4.68. The summed E-state index contributed by atoms with van der Waals surface area (Å²) >= 11 is 0. The van der Waals surface area contributed by atoms with E-state index in [1.807, 2.05) is 18.3 Å². The molecule has 0 saturated carbocycles. The summed E-state index contributed by atoms with van der Waals surface area (Å²) in [4.78, 5) is 4.68. The fraction of sp³-hybridized carbons (Fsp3) is 0.0385. The number of benzene rings is 3. The molecule has 0 fully saturated rings. The molecule has 5 rings (SSSR count). The third-order valence-electron chi connectivity index (χ3n) is 5.11. The Bertz CT molecular complexity index is 1240. The standard InChI is InChI=1S/C26H20N2/c1-19-15-16-23-22(18-19)25(20-10-4-2-5-11-20)26(21-12-6-3-7-13-21)28(23)24-14-8-9-17-27-24/h2-18H,1H3. The van der Waals surface area contributed by atoms with Crippen LogP contribution in [0.1, 0.15) is 5.56 Å². The summed E-state index contributed by atoms with van der Waals surface area (Å²) in [6.07, 6.45) is 1.85. The first-order valence-corrected chi connectivity index (χ1v) is 9.50. The number of fused-ring (bicyclic) bond motifs is 1. The van der Waals surface area contributed by atoms with Crippen LogP contribution in [0.3, 0.4) is 0 Å². The van der Waals surface area contributed by atoms with Gasteiger partial charge in [0.05, 0.1) is 11.2 Å². The van der Waals surface area contributed by atoms with E-state index >= 15 is 0 Å². The molecule has 0 atom stereocenters. The van der Waals surface area contributed by atoms with Crippen molar-refractivity contribution in [2.24, 2.45) is 0 Å². The van der Waals surface area contributed by atoms with Crippen molar-refractivity contribution in [1.82, 2.24) is 9.55 Å². The average Bonchev–Trinajstić information content (AvgIpc) is 3.10. The minimum absolute atomic E-state index is 0.928. The minimum Gasteiger partial charge on any atom is -0.293 e. The predicted molar refractivity (Wildman–Crippen MR) is 117 cm³/mol. The fourth-order valence-electron chi connectivity index (χ4n) is 3.90. The van der Waals surface area contributed by atoms with Gasteiger partial charge in [0.2, 0.25) is 0 Å². The van der Waals surface area contributed by atoms with Gasteiger partial charge in [-0.3, -0.25) is 4.57 Å². The summed E-state index contributed by atoms with van der Waals surface area (Å²) in [5.74, 6) is 0.928. The predicted octanol–water partition coefficient (Wildman–Crippen LogP) is 6.67. The zero-order valence-electron chi connectivity index (χ0n) is 15.7. The summed E-state index contributed by atoms with van der Waals surface area (Å²) in [5, 5.41) is 1.25. The highest BCUT2D eigenvalue weighted by Crippen LogP contribution is 2.42. The molecule has 3 aromatic carbocycles. The second-order valence-electron chi connectivity index (χ2n) is 7.00. The van der Waals surface area contributed by atoms with Gasteiger partial charge in [-0.1, -0.05) is 78.4 Å². The Labute approximate surface area is 164 Å². The Hall–Kier alpha value is -3.65. The molecule has 0 bridgehead atoms.